The molecule has 1 saturated heterocycles. The Balaban J connectivity index is -0.000000942. The van der Waals surface area contributed by atoms with Gasteiger partial charge in [-0.05, 0) is 103 Å². The molecule has 2 aromatic carbocycles. The first kappa shape index (κ1) is 67.5. The van der Waals surface area contributed by atoms with Crippen LogP contribution in [0.2, 0.25) is 0 Å². The first-order chi connectivity index (χ1) is 31.8. The maximum atomic E-state index is 15.1. The molecular formula is C45H73F2N4O15PS. The van der Waals surface area contributed by atoms with Crippen molar-refractivity contribution in [3.8, 4) is 0 Å². The molecule has 68 heavy (non-hydrogen) atoms. The van der Waals surface area contributed by atoms with Gasteiger partial charge >= 0.3 is 19.4 Å². The van der Waals surface area contributed by atoms with Crippen LogP contribution < -0.4 is 10.6 Å². The number of fused-ring (bicyclic) bond motifs is 1. The number of aliphatic hydroxyl groups excluding tert-OH is 1. The fourth-order valence-corrected chi connectivity index (χ4v) is 7.36. The van der Waals surface area contributed by atoms with E-state index in [1.807, 2.05) is 52.8 Å². The molecule has 1 aromatic heterocycles. The number of para-hydroxylation sites is 1. The summed E-state index contributed by atoms with van der Waals surface area (Å²) >= 11 is 0.996. The molecule has 4 N–H and O–H groups in total. The normalized spacial score (nSPS) is 12.8. The number of primary amides is 1. The number of halogens is 2. The molecule has 3 aromatic rings. The van der Waals surface area contributed by atoms with Gasteiger partial charge < -0.3 is 64.0 Å². The van der Waals surface area contributed by atoms with Crippen LogP contribution in [0.15, 0.2) is 54.6 Å². The van der Waals surface area contributed by atoms with Crippen molar-refractivity contribution in [3.63, 3.8) is 0 Å². The van der Waals surface area contributed by atoms with Gasteiger partial charge in [-0.15, -0.1) is 11.3 Å². The molecule has 1 aliphatic heterocycles. The summed E-state index contributed by atoms with van der Waals surface area (Å²) in [6.07, 6.45) is 2.80. The van der Waals surface area contributed by atoms with Crippen molar-refractivity contribution in [1.82, 2.24) is 9.80 Å². The van der Waals surface area contributed by atoms with Crippen molar-refractivity contribution in [3.05, 3.63) is 65.0 Å². The maximum Gasteiger partial charge on any atom is 0.511 e. The van der Waals surface area contributed by atoms with Crippen molar-refractivity contribution < 1.29 is 80.3 Å². The first-order valence-corrected chi connectivity index (χ1v) is 23.1. The van der Waals surface area contributed by atoms with Gasteiger partial charge in [0.1, 0.15) is 25.5 Å². The minimum atomic E-state index is -5.38. The summed E-state index contributed by atoms with van der Waals surface area (Å²) in [6.45, 7) is 15.6. The summed E-state index contributed by atoms with van der Waals surface area (Å²) in [4.78, 5) is 65.8. The van der Waals surface area contributed by atoms with E-state index >= 15 is 8.78 Å². The van der Waals surface area contributed by atoms with Crippen LogP contribution in [0.1, 0.15) is 76.0 Å². The zero-order valence-electron chi connectivity index (χ0n) is 41.2. The zero-order valence-corrected chi connectivity index (χ0v) is 42.9. The molecule has 0 aliphatic carbocycles. The third-order valence-corrected chi connectivity index (χ3v) is 11.4. The lowest BCUT2D eigenvalue weighted by Gasteiger charge is -2.26. The van der Waals surface area contributed by atoms with Crippen LogP contribution in [0, 0.1) is 0 Å². The molecule has 1 atom stereocenters. The Hall–Kier alpha value is -4.77. The van der Waals surface area contributed by atoms with Crippen molar-refractivity contribution in [2.45, 2.75) is 77.7 Å². The molecule has 0 bridgehead atoms. The summed E-state index contributed by atoms with van der Waals surface area (Å²) < 4.78 is 71.3. The van der Waals surface area contributed by atoms with Crippen molar-refractivity contribution in [2.24, 2.45) is 5.73 Å². The SMILES string of the molecule is C=O.C=O.CCN(CCC=O)C(C)=O.CN(C)c1ccccc1.CN1CCCC1.COCC(C)(C)O.COCC(C)(C)OC(=O)OCOP(=O)(OCO)C(F)(F)c1ccc2sc(C(N)=O)cc2c1. The van der Waals surface area contributed by atoms with Crippen molar-refractivity contribution in [2.75, 3.05) is 93.2 Å². The molecule has 2 amide bonds. The van der Waals surface area contributed by atoms with Gasteiger partial charge in [-0.1, -0.05) is 24.3 Å². The molecule has 0 radical (unpaired) electrons. The third-order valence-electron chi connectivity index (χ3n) is 8.37. The van der Waals surface area contributed by atoms with E-state index in [4.69, 9.17) is 35.0 Å². The fraction of sp³-hybridized carbons (Fsp3) is 0.556. The van der Waals surface area contributed by atoms with E-state index in [0.29, 0.717) is 30.8 Å². The molecule has 388 valence electrons. The van der Waals surface area contributed by atoms with Gasteiger partial charge in [0.2, 0.25) is 12.7 Å². The number of carbonyl (C=O) groups is 6. The Bertz CT molecular complexity index is 1900. The Morgan fingerprint density at radius 3 is 1.88 bits per heavy atom. The Morgan fingerprint density at radius 1 is 0.941 bits per heavy atom. The second-order valence-corrected chi connectivity index (χ2v) is 18.7. The third kappa shape index (κ3) is 28.5. The standard InChI is InChI=1S/C18H22F2NO9PS.C8H11N.C7H13NO2.C5H11N.C5H12O2.2CH2O/c1-17(2,8-26-3)30-16(24)27-10-29-31(25,28-9-22)18(19,20)12-4-5-13-11(6-12)7-14(32-13)15(21)23;1-9(2)8-6-4-3-5-7-8;1-3-8(7(2)10)5-4-6-9;1-6-4-2-3-5-6;1-5(2,6)4-7-3;2*1-2/h4-7,22H,8-10H2,1-3H3,(H2,21,23);3-7H,1-2H3;6H,3-5H2,1-2H3;2-5H2,1H3;6H,4H2,1-3H3;2*1H2. The van der Waals surface area contributed by atoms with Crippen LogP contribution in [0.3, 0.4) is 0 Å². The Kier molecular flexibility index (Phi) is 36.0. The van der Waals surface area contributed by atoms with Gasteiger partial charge in [0.25, 0.3) is 5.91 Å². The minimum Gasteiger partial charge on any atom is -0.426 e. The predicted octanol–water partition coefficient (Wildman–Crippen LogP) is 6.70. The number of likely N-dealkylation sites (tertiary alicyclic amines) is 1. The van der Waals surface area contributed by atoms with Gasteiger partial charge in [-0.3, -0.25) is 23.2 Å². The van der Waals surface area contributed by atoms with E-state index in [1.54, 1.807) is 25.9 Å². The number of carbonyl (C=O) groups excluding carboxylic acids is 6. The largest absolute Gasteiger partial charge is 0.511 e. The van der Waals surface area contributed by atoms with Crippen LogP contribution in [0.4, 0.5) is 19.3 Å². The molecule has 2 heterocycles. The summed E-state index contributed by atoms with van der Waals surface area (Å²) in [5, 5.41) is 18.1. The number of aldehydes is 1. The molecule has 0 saturated carbocycles. The molecule has 19 nitrogen and oxygen atoms in total. The smallest absolute Gasteiger partial charge is 0.426 e. The predicted molar refractivity (Wildman–Crippen MR) is 258 cm³/mol. The molecule has 23 heteroatoms. The Labute approximate surface area is 403 Å². The van der Waals surface area contributed by atoms with E-state index in [2.05, 4.69) is 47.5 Å². The number of hydrogen-bond acceptors (Lipinski definition) is 18. The highest BCUT2D eigenvalue weighted by atomic mass is 32.1. The minimum absolute atomic E-state index is 0.0235. The number of benzene rings is 2. The highest BCUT2D eigenvalue weighted by molar-refractivity contribution is 7.54. The summed E-state index contributed by atoms with van der Waals surface area (Å²) in [5.74, 6) is -0.695. The van der Waals surface area contributed by atoms with Gasteiger partial charge in [0, 0.05) is 70.7 Å². The molecule has 0 spiro atoms. The molecule has 1 unspecified atom stereocenters. The molecule has 4 rings (SSSR count). The highest BCUT2D eigenvalue weighted by Crippen LogP contribution is 2.67. The summed E-state index contributed by atoms with van der Waals surface area (Å²) in [5.41, 5.74) is -0.337. The average molecular weight is 1010 g/mol. The van der Waals surface area contributed by atoms with Crippen LogP contribution in [0.5, 0.6) is 0 Å². The van der Waals surface area contributed by atoms with E-state index < -0.39 is 55.7 Å². The van der Waals surface area contributed by atoms with E-state index in [9.17, 15) is 23.7 Å². The van der Waals surface area contributed by atoms with Crippen LogP contribution in [-0.2, 0) is 57.4 Å². The number of nitrogens with two attached hydrogens (primary N) is 1. The number of thiophene rings is 1. The van der Waals surface area contributed by atoms with E-state index in [-0.39, 0.29) is 22.8 Å². The first-order valence-electron chi connectivity index (χ1n) is 20.8. The lowest BCUT2D eigenvalue weighted by atomic mass is 10.1. The van der Waals surface area contributed by atoms with Crippen LogP contribution in [-0.4, -0.2) is 157 Å². The Morgan fingerprint density at radius 2 is 1.50 bits per heavy atom. The quantitative estimate of drug-likeness (QED) is 0.0519. The topological polar surface area (TPSA) is 251 Å². The monoisotopic (exact) mass is 1010 g/mol. The summed E-state index contributed by atoms with van der Waals surface area (Å²) in [7, 11) is 3.81. The maximum absolute atomic E-state index is 15.1. The highest BCUT2D eigenvalue weighted by Gasteiger charge is 2.55. The number of ether oxygens (including phenoxy) is 4. The average Bonchev–Trinajstić information content (AvgIpc) is 3.95. The van der Waals surface area contributed by atoms with Crippen LogP contribution >= 0.6 is 18.9 Å². The van der Waals surface area contributed by atoms with Gasteiger partial charge in [0.15, 0.2) is 6.79 Å². The number of nitrogens with zero attached hydrogens (tertiary/aromatic N) is 3. The molecule has 1 fully saturated rings. The van der Waals surface area contributed by atoms with Gasteiger partial charge in [-0.2, -0.15) is 8.78 Å². The number of amides is 2. The van der Waals surface area contributed by atoms with E-state index in [0.717, 1.165) is 29.8 Å². The summed E-state index contributed by atoms with van der Waals surface area (Å²) in [6, 6.07) is 14.8. The second kappa shape index (κ2) is 36.2. The van der Waals surface area contributed by atoms with E-state index in [1.165, 1.54) is 71.6 Å². The number of alkyl halides is 2. The fourth-order valence-electron chi connectivity index (χ4n) is 5.26. The second-order valence-electron chi connectivity index (χ2n) is 15.5. The number of anilines is 1. The zero-order chi connectivity index (χ0) is 53.1. The molecular weight excluding hydrogens is 938 g/mol. The molecule has 1 aliphatic rings. The van der Waals surface area contributed by atoms with Gasteiger partial charge in [-0.25, -0.2) is 4.79 Å². The lowest BCUT2D eigenvalue weighted by Crippen LogP contribution is -2.33. The lowest BCUT2D eigenvalue weighted by molar-refractivity contribution is -0.128. The number of hydrogen-bond donors (Lipinski definition) is 3. The van der Waals surface area contributed by atoms with Crippen LogP contribution in [0.25, 0.3) is 10.1 Å². The number of methoxy groups -OCH3 is 2. The number of aliphatic hydroxyl groups is 2. The van der Waals surface area contributed by atoms with Crippen molar-refractivity contribution in [1.29, 1.82) is 0 Å². The van der Waals surface area contributed by atoms with Gasteiger partial charge in [0.05, 0.1) is 23.7 Å². The number of rotatable bonds is 18. The van der Waals surface area contributed by atoms with Crippen molar-refractivity contribution >= 4 is 72.5 Å².